The van der Waals surface area contributed by atoms with Gasteiger partial charge in [-0.1, -0.05) is 24.3 Å². The molecule has 0 radical (unpaired) electrons. The van der Waals surface area contributed by atoms with Crippen molar-refractivity contribution in [3.63, 3.8) is 0 Å². The number of hydrogen-bond donors (Lipinski definition) is 0. The van der Waals surface area contributed by atoms with Crippen LogP contribution < -0.4 is 10.4 Å². The van der Waals surface area contributed by atoms with E-state index >= 15 is 0 Å². The summed E-state index contributed by atoms with van der Waals surface area (Å²) in [5.41, 5.74) is 0. The molecule has 1 aromatic carbocycles. The smallest absolute Gasteiger partial charge is 0.267 e. The lowest BCUT2D eigenvalue weighted by Crippen LogP contribution is -2.24. The molecule has 0 aromatic heterocycles. The summed E-state index contributed by atoms with van der Waals surface area (Å²) in [6.45, 7) is 0. The third kappa shape index (κ3) is 1.82. The lowest BCUT2D eigenvalue weighted by Gasteiger charge is -1.86. The number of amides is 1. The quantitative estimate of drug-likeness (QED) is 0.554. The van der Waals surface area contributed by atoms with Crippen LogP contribution in [0.25, 0.3) is 12.3 Å². The van der Waals surface area contributed by atoms with Gasteiger partial charge in [0.05, 0.1) is 0 Å². The van der Waals surface area contributed by atoms with Crippen LogP contribution in [-0.2, 0) is 4.79 Å². The number of nitrogens with zero attached hydrogens (tertiary/aromatic N) is 2. The highest BCUT2D eigenvalue weighted by molar-refractivity contribution is 6.22. The van der Waals surface area contributed by atoms with E-state index in [0.29, 0.717) is 0 Å². The Hall–Kier alpha value is -2.03. The van der Waals surface area contributed by atoms with Gasteiger partial charge in [0.25, 0.3) is 5.91 Å². The molecule has 3 heteroatoms. The Kier molecular flexibility index (Phi) is 2.32. The molecule has 1 aliphatic rings. The van der Waals surface area contributed by atoms with E-state index in [-0.39, 0.29) is 5.91 Å². The zero-order valence-electron chi connectivity index (χ0n) is 7.42. The van der Waals surface area contributed by atoms with Crippen molar-refractivity contribution >= 4 is 30.6 Å². The molecule has 0 unspecified atom stereocenters. The van der Waals surface area contributed by atoms with Crippen molar-refractivity contribution in [3.8, 4) is 0 Å². The normalized spacial score (nSPS) is 23.9. The lowest BCUT2D eigenvalue weighted by molar-refractivity contribution is -0.112. The summed E-state index contributed by atoms with van der Waals surface area (Å²) < 4.78 is 0. The van der Waals surface area contributed by atoms with Crippen LogP contribution in [0.15, 0.2) is 34.3 Å². The van der Waals surface area contributed by atoms with Crippen molar-refractivity contribution < 1.29 is 4.79 Å². The minimum absolute atomic E-state index is 0.265. The molecule has 0 aliphatic carbocycles. The van der Waals surface area contributed by atoms with E-state index < -0.39 is 0 Å². The fraction of sp³-hybridized carbons (Fsp3) is 0. The van der Waals surface area contributed by atoms with Gasteiger partial charge in [0.15, 0.2) is 0 Å². The van der Waals surface area contributed by atoms with Gasteiger partial charge in [-0.05, 0) is 5.22 Å². The minimum Gasteiger partial charge on any atom is -0.267 e. The topological polar surface area (TPSA) is 41.8 Å². The van der Waals surface area contributed by atoms with E-state index in [9.17, 15) is 4.79 Å². The maximum absolute atomic E-state index is 11.2. The molecule has 0 N–H and O–H groups in total. The Morgan fingerprint density at radius 2 is 1.79 bits per heavy atom. The number of aliphatic imine (C=N–C) groups is 2. The summed E-state index contributed by atoms with van der Waals surface area (Å²) in [6.07, 6.45) is 6.09. The fourth-order valence-corrected chi connectivity index (χ4v) is 1.20. The van der Waals surface area contributed by atoms with Crippen LogP contribution in [0.5, 0.6) is 0 Å². The summed E-state index contributed by atoms with van der Waals surface area (Å²) >= 11 is 0. The molecular weight excluding hydrogens is 176 g/mol. The zero-order valence-corrected chi connectivity index (χ0v) is 7.42. The Balaban J connectivity index is 2.76. The first-order chi connectivity index (χ1) is 6.86. The van der Waals surface area contributed by atoms with Crippen molar-refractivity contribution in [1.82, 2.24) is 0 Å². The second-order valence-electron chi connectivity index (χ2n) is 2.82. The Morgan fingerprint density at radius 3 is 2.64 bits per heavy atom. The van der Waals surface area contributed by atoms with Crippen molar-refractivity contribution in [1.29, 1.82) is 0 Å². The minimum atomic E-state index is -0.265. The first kappa shape index (κ1) is 8.56. The molecule has 68 valence electrons. The van der Waals surface area contributed by atoms with Gasteiger partial charge in [-0.3, -0.25) is 9.79 Å². The molecule has 3 nitrogen and oxygen atoms in total. The summed E-state index contributed by atoms with van der Waals surface area (Å²) in [7, 11) is 0. The average Bonchev–Trinajstić information content (AvgIpc) is 2.27. The predicted octanol–water partition coefficient (Wildman–Crippen LogP) is -0.113. The SMILES string of the molecule is O=C1/C=c2/cccc/c2=C/N=C\C=N/1. The van der Waals surface area contributed by atoms with Gasteiger partial charge in [0.1, 0.15) is 0 Å². The summed E-state index contributed by atoms with van der Waals surface area (Å²) in [6, 6.07) is 7.55. The number of fused-ring (bicyclic) bond motifs is 1. The second-order valence-corrected chi connectivity index (χ2v) is 2.82. The highest BCUT2D eigenvalue weighted by atomic mass is 16.1. The van der Waals surface area contributed by atoms with Crippen LogP contribution in [-0.4, -0.2) is 18.3 Å². The van der Waals surface area contributed by atoms with E-state index in [1.807, 2.05) is 24.3 Å². The van der Waals surface area contributed by atoms with Crippen molar-refractivity contribution in [3.05, 3.63) is 34.7 Å². The maximum Gasteiger partial charge on any atom is 0.270 e. The average molecular weight is 184 g/mol. The molecule has 0 saturated carbocycles. The number of hydrogen-bond acceptors (Lipinski definition) is 2. The van der Waals surface area contributed by atoms with Gasteiger partial charge in [-0.15, -0.1) is 0 Å². The first-order valence-electron chi connectivity index (χ1n) is 4.23. The third-order valence-electron chi connectivity index (χ3n) is 1.84. The molecule has 0 fully saturated rings. The van der Waals surface area contributed by atoms with E-state index in [1.54, 1.807) is 6.20 Å². The second kappa shape index (κ2) is 3.79. The van der Waals surface area contributed by atoms with Gasteiger partial charge < -0.3 is 0 Å². The van der Waals surface area contributed by atoms with Crippen LogP contribution >= 0.6 is 0 Å². The van der Waals surface area contributed by atoms with Crippen LogP contribution in [0.1, 0.15) is 0 Å². The summed E-state index contributed by atoms with van der Waals surface area (Å²) in [5, 5.41) is 1.76. The Bertz CT molecular complexity index is 526. The van der Waals surface area contributed by atoms with Crippen LogP contribution in [0.2, 0.25) is 0 Å². The molecule has 0 atom stereocenters. The van der Waals surface area contributed by atoms with Crippen molar-refractivity contribution in [2.45, 2.75) is 0 Å². The first-order valence-corrected chi connectivity index (χ1v) is 4.23. The number of carbonyl (C=O) groups excluding carboxylic acids is 1. The third-order valence-corrected chi connectivity index (χ3v) is 1.84. The van der Waals surface area contributed by atoms with E-state index in [0.717, 1.165) is 10.4 Å². The monoisotopic (exact) mass is 184 g/mol. The Labute approximate surface area is 80.8 Å². The van der Waals surface area contributed by atoms with Gasteiger partial charge in [0, 0.05) is 29.9 Å². The highest BCUT2D eigenvalue weighted by Crippen LogP contribution is 1.80. The molecule has 0 spiro atoms. The molecular formula is C11H8N2O. The number of carbonyl (C=O) groups is 1. The van der Waals surface area contributed by atoms with Gasteiger partial charge in [-0.25, -0.2) is 4.99 Å². The molecule has 14 heavy (non-hydrogen) atoms. The van der Waals surface area contributed by atoms with Crippen molar-refractivity contribution in [2.24, 2.45) is 9.98 Å². The van der Waals surface area contributed by atoms with Crippen LogP contribution in [0.4, 0.5) is 0 Å². The number of benzene rings is 1. The molecule has 1 aliphatic heterocycles. The summed E-state index contributed by atoms with van der Waals surface area (Å²) in [4.78, 5) is 18.9. The predicted molar refractivity (Wildman–Crippen MR) is 56.6 cm³/mol. The maximum atomic E-state index is 11.2. The van der Waals surface area contributed by atoms with E-state index in [1.165, 1.54) is 18.5 Å². The van der Waals surface area contributed by atoms with Crippen LogP contribution in [0.3, 0.4) is 0 Å². The Morgan fingerprint density at radius 1 is 1.00 bits per heavy atom. The zero-order chi connectivity index (χ0) is 9.80. The molecule has 2 rings (SSSR count). The molecule has 0 bridgehead atoms. The fourth-order valence-electron chi connectivity index (χ4n) is 1.20. The van der Waals surface area contributed by atoms with Gasteiger partial charge in [0.2, 0.25) is 0 Å². The molecule has 1 amide bonds. The van der Waals surface area contributed by atoms with E-state index in [2.05, 4.69) is 9.98 Å². The molecule has 1 heterocycles. The van der Waals surface area contributed by atoms with Crippen LogP contribution in [0, 0.1) is 0 Å². The molecule has 0 saturated heterocycles. The number of rotatable bonds is 0. The van der Waals surface area contributed by atoms with Gasteiger partial charge >= 0.3 is 0 Å². The highest BCUT2D eigenvalue weighted by Gasteiger charge is 1.92. The molecule has 1 aromatic rings. The summed E-state index contributed by atoms with van der Waals surface area (Å²) in [5.74, 6) is -0.265. The lowest BCUT2D eigenvalue weighted by atomic mass is 10.2. The largest absolute Gasteiger partial charge is 0.270 e. The standard InChI is InChI=1S/C11H8N2O/c14-11-7-9-3-1-2-4-10(9)8-12-5-6-13-11/h1-8H/b9-7-,10-8-,12-5-,13-6-. The van der Waals surface area contributed by atoms with Crippen molar-refractivity contribution in [2.75, 3.05) is 0 Å². The van der Waals surface area contributed by atoms with Gasteiger partial charge in [-0.2, -0.15) is 0 Å². The van der Waals surface area contributed by atoms with E-state index in [4.69, 9.17) is 0 Å².